The van der Waals surface area contributed by atoms with Crippen LogP contribution in [0.25, 0.3) is 11.0 Å². The molecular formula is C20H29NO3. The van der Waals surface area contributed by atoms with Crippen molar-refractivity contribution in [3.8, 4) is 0 Å². The first-order valence-electron chi connectivity index (χ1n) is 9.07. The molecule has 0 bridgehead atoms. The van der Waals surface area contributed by atoms with E-state index >= 15 is 0 Å². The summed E-state index contributed by atoms with van der Waals surface area (Å²) in [5.74, 6) is 1.10. The van der Waals surface area contributed by atoms with E-state index < -0.39 is 5.60 Å². The normalized spacial score (nSPS) is 21.0. The third-order valence-corrected chi connectivity index (χ3v) is 5.26. The Labute approximate surface area is 144 Å². The van der Waals surface area contributed by atoms with Crippen LogP contribution in [0.4, 0.5) is 0 Å². The van der Waals surface area contributed by atoms with Gasteiger partial charge in [-0.3, -0.25) is 0 Å². The fraction of sp³-hybridized carbons (Fsp3) is 0.600. The monoisotopic (exact) mass is 331 g/mol. The molecule has 132 valence electrons. The number of unbranched alkanes of at least 4 members (excludes halogenated alkanes) is 1. The predicted molar refractivity (Wildman–Crippen MR) is 96.2 cm³/mol. The van der Waals surface area contributed by atoms with Gasteiger partial charge in [-0.15, -0.1) is 0 Å². The number of nitrogens with one attached hydrogen (secondary N) is 1. The number of ether oxygens (including phenoxy) is 1. The van der Waals surface area contributed by atoms with Gasteiger partial charge in [-0.25, -0.2) is 0 Å². The molecule has 1 aromatic carbocycles. The molecule has 2 N–H and O–H groups in total. The van der Waals surface area contributed by atoms with E-state index in [1.807, 2.05) is 25.1 Å². The lowest BCUT2D eigenvalue weighted by Crippen LogP contribution is -2.44. The van der Waals surface area contributed by atoms with Crippen LogP contribution in [-0.4, -0.2) is 31.9 Å². The smallest absolute Gasteiger partial charge is 0.140 e. The third-order valence-electron chi connectivity index (χ3n) is 5.26. The lowest BCUT2D eigenvalue weighted by atomic mass is 9.74. The molecule has 0 aliphatic carbocycles. The minimum atomic E-state index is -0.856. The standard InChI is InChI=1S/C20H29NO3/c1-15-13-16-7-5-9-18(19(16)24-15)20(22,10-3-4-12-23-2)17-8-6-11-21-14-17/h5,7,9,13,17,21-22H,3-4,6,8,10-12,14H2,1-2H3/t17-,20+/m1/s1. The summed E-state index contributed by atoms with van der Waals surface area (Å²) < 4.78 is 11.1. The molecule has 2 atom stereocenters. The van der Waals surface area contributed by atoms with E-state index in [1.54, 1.807) is 7.11 Å². The van der Waals surface area contributed by atoms with E-state index in [9.17, 15) is 5.11 Å². The van der Waals surface area contributed by atoms with Crippen molar-refractivity contribution in [2.45, 2.75) is 44.6 Å². The van der Waals surface area contributed by atoms with Gasteiger partial charge in [-0.1, -0.05) is 18.2 Å². The molecule has 4 nitrogen and oxygen atoms in total. The van der Waals surface area contributed by atoms with Crippen molar-refractivity contribution >= 4 is 11.0 Å². The van der Waals surface area contributed by atoms with Gasteiger partial charge in [0.05, 0.1) is 5.60 Å². The number of para-hydroxylation sites is 1. The minimum absolute atomic E-state index is 0.213. The molecule has 1 aliphatic rings. The molecular weight excluding hydrogens is 302 g/mol. The van der Waals surface area contributed by atoms with Crippen LogP contribution in [0.2, 0.25) is 0 Å². The van der Waals surface area contributed by atoms with Gasteiger partial charge < -0.3 is 19.6 Å². The molecule has 1 saturated heterocycles. The van der Waals surface area contributed by atoms with E-state index in [4.69, 9.17) is 9.15 Å². The van der Waals surface area contributed by atoms with Crippen LogP contribution < -0.4 is 5.32 Å². The van der Waals surface area contributed by atoms with Crippen molar-refractivity contribution in [2.75, 3.05) is 26.8 Å². The SMILES string of the molecule is COCCCC[C@@](O)(c1cccc2cc(C)oc12)[C@@H]1CCCNC1. The van der Waals surface area contributed by atoms with E-state index in [-0.39, 0.29) is 5.92 Å². The fourth-order valence-corrected chi connectivity index (χ4v) is 3.99. The molecule has 1 aromatic heterocycles. The van der Waals surface area contributed by atoms with Gasteiger partial charge in [0.25, 0.3) is 0 Å². The highest BCUT2D eigenvalue weighted by Gasteiger charge is 2.40. The number of fused-ring (bicyclic) bond motifs is 1. The topological polar surface area (TPSA) is 54.6 Å². The van der Waals surface area contributed by atoms with Gasteiger partial charge >= 0.3 is 0 Å². The highest BCUT2D eigenvalue weighted by Crippen LogP contribution is 2.41. The van der Waals surface area contributed by atoms with E-state index in [0.717, 1.165) is 74.1 Å². The second kappa shape index (κ2) is 7.68. The molecule has 0 unspecified atom stereocenters. The number of benzene rings is 1. The Kier molecular flexibility index (Phi) is 5.59. The largest absolute Gasteiger partial charge is 0.461 e. The number of aryl methyl sites for hydroxylation is 1. The summed E-state index contributed by atoms with van der Waals surface area (Å²) in [5.41, 5.74) is 0.930. The molecule has 0 saturated carbocycles. The molecule has 4 heteroatoms. The first-order valence-corrected chi connectivity index (χ1v) is 9.07. The summed E-state index contributed by atoms with van der Waals surface area (Å²) in [7, 11) is 1.73. The molecule has 3 rings (SSSR count). The van der Waals surface area contributed by atoms with E-state index in [1.165, 1.54) is 0 Å². The maximum absolute atomic E-state index is 11.8. The van der Waals surface area contributed by atoms with Crippen LogP contribution in [0.5, 0.6) is 0 Å². The van der Waals surface area contributed by atoms with Gasteiger partial charge in [0.2, 0.25) is 0 Å². The highest BCUT2D eigenvalue weighted by atomic mass is 16.5. The van der Waals surface area contributed by atoms with Gasteiger partial charge in [0, 0.05) is 37.1 Å². The predicted octanol–water partition coefficient (Wildman–Crippen LogP) is 3.75. The minimum Gasteiger partial charge on any atom is -0.461 e. The van der Waals surface area contributed by atoms with Gasteiger partial charge in [0.1, 0.15) is 11.3 Å². The Morgan fingerprint density at radius 2 is 2.25 bits per heavy atom. The maximum atomic E-state index is 11.8. The molecule has 0 radical (unpaired) electrons. The quantitative estimate of drug-likeness (QED) is 0.759. The van der Waals surface area contributed by atoms with Crippen molar-refractivity contribution in [1.82, 2.24) is 5.32 Å². The summed E-state index contributed by atoms with van der Waals surface area (Å²) in [6.07, 6.45) is 4.80. The number of aliphatic hydroxyl groups is 1. The molecule has 0 amide bonds. The lowest BCUT2D eigenvalue weighted by molar-refractivity contribution is -0.0428. The number of hydrogen-bond donors (Lipinski definition) is 2. The van der Waals surface area contributed by atoms with Gasteiger partial charge in [-0.05, 0) is 51.6 Å². The summed E-state index contributed by atoms with van der Waals surface area (Å²) in [5, 5.41) is 16.3. The van der Waals surface area contributed by atoms with Gasteiger partial charge in [0.15, 0.2) is 0 Å². The number of rotatable bonds is 7. The molecule has 0 spiro atoms. The maximum Gasteiger partial charge on any atom is 0.140 e. The zero-order valence-electron chi connectivity index (χ0n) is 14.8. The zero-order valence-corrected chi connectivity index (χ0v) is 14.8. The fourth-order valence-electron chi connectivity index (χ4n) is 3.99. The molecule has 1 fully saturated rings. The summed E-state index contributed by atoms with van der Waals surface area (Å²) in [6.45, 7) is 4.60. The average Bonchev–Trinajstić information content (AvgIpc) is 2.99. The number of furan rings is 1. The molecule has 2 aromatic rings. The van der Waals surface area contributed by atoms with Crippen molar-refractivity contribution < 1.29 is 14.3 Å². The van der Waals surface area contributed by atoms with Crippen LogP contribution in [0.1, 0.15) is 43.4 Å². The summed E-state index contributed by atoms with van der Waals surface area (Å²) in [4.78, 5) is 0. The first-order chi connectivity index (χ1) is 11.6. The Balaban J connectivity index is 1.95. The van der Waals surface area contributed by atoms with Crippen LogP contribution in [0.15, 0.2) is 28.7 Å². The second-order valence-corrected chi connectivity index (χ2v) is 7.00. The first kappa shape index (κ1) is 17.5. The Hall–Kier alpha value is -1.36. The zero-order chi connectivity index (χ0) is 17.0. The van der Waals surface area contributed by atoms with Crippen LogP contribution in [0, 0.1) is 12.8 Å². The Morgan fingerprint density at radius 3 is 3.00 bits per heavy atom. The Bertz CT molecular complexity index is 660. The van der Waals surface area contributed by atoms with Crippen molar-refractivity contribution in [3.05, 3.63) is 35.6 Å². The van der Waals surface area contributed by atoms with Crippen LogP contribution in [0.3, 0.4) is 0 Å². The van der Waals surface area contributed by atoms with Crippen molar-refractivity contribution in [3.63, 3.8) is 0 Å². The number of methoxy groups -OCH3 is 1. The van der Waals surface area contributed by atoms with Gasteiger partial charge in [-0.2, -0.15) is 0 Å². The van der Waals surface area contributed by atoms with E-state index in [0.29, 0.717) is 0 Å². The molecule has 1 aliphatic heterocycles. The van der Waals surface area contributed by atoms with Crippen molar-refractivity contribution in [2.24, 2.45) is 5.92 Å². The molecule has 24 heavy (non-hydrogen) atoms. The third kappa shape index (κ3) is 3.51. The number of piperidine rings is 1. The summed E-state index contributed by atoms with van der Waals surface area (Å²) in [6, 6.07) is 8.17. The Morgan fingerprint density at radius 1 is 1.38 bits per heavy atom. The second-order valence-electron chi connectivity index (χ2n) is 7.00. The average molecular weight is 331 g/mol. The lowest BCUT2D eigenvalue weighted by Gasteiger charge is -2.39. The van der Waals surface area contributed by atoms with Crippen LogP contribution in [-0.2, 0) is 10.3 Å². The van der Waals surface area contributed by atoms with Crippen LogP contribution >= 0.6 is 0 Å². The number of hydrogen-bond acceptors (Lipinski definition) is 4. The highest BCUT2D eigenvalue weighted by molar-refractivity contribution is 5.82. The summed E-state index contributed by atoms with van der Waals surface area (Å²) >= 11 is 0. The molecule has 2 heterocycles. The van der Waals surface area contributed by atoms with Crippen molar-refractivity contribution in [1.29, 1.82) is 0 Å². The van der Waals surface area contributed by atoms with E-state index in [2.05, 4.69) is 11.4 Å².